The van der Waals surface area contributed by atoms with Gasteiger partial charge in [-0.05, 0) is 41.8 Å². The number of nitrogens with two attached hydrogens (primary N) is 1. The molecule has 6 nitrogen and oxygen atoms in total. The zero-order valence-electron chi connectivity index (χ0n) is 12.7. The van der Waals surface area contributed by atoms with E-state index in [0.717, 1.165) is 11.4 Å². The molecule has 0 aliphatic carbocycles. The van der Waals surface area contributed by atoms with Crippen LogP contribution in [0.4, 0.5) is 5.69 Å². The number of hydrogen-bond acceptors (Lipinski definition) is 4. The lowest BCUT2D eigenvalue weighted by Gasteiger charge is -2.32. The number of amides is 1. The molecule has 0 fully saturated rings. The fourth-order valence-corrected chi connectivity index (χ4v) is 1.53. The highest BCUT2D eigenvalue weighted by Gasteiger charge is 2.21. The van der Waals surface area contributed by atoms with Gasteiger partial charge in [0.25, 0.3) is 0 Å². The Balaban J connectivity index is 2.59. The molecule has 0 bridgehead atoms. The molecule has 0 unspecified atom stereocenters. The van der Waals surface area contributed by atoms with Crippen molar-refractivity contribution in [1.29, 1.82) is 0 Å². The van der Waals surface area contributed by atoms with E-state index in [1.54, 1.807) is 4.68 Å². The van der Waals surface area contributed by atoms with Crippen molar-refractivity contribution in [3.63, 3.8) is 0 Å². The molecule has 1 aromatic rings. The van der Waals surface area contributed by atoms with E-state index in [1.807, 2.05) is 27.9 Å². The van der Waals surface area contributed by atoms with E-state index < -0.39 is 0 Å². The van der Waals surface area contributed by atoms with Crippen molar-refractivity contribution in [1.82, 2.24) is 20.0 Å². The van der Waals surface area contributed by atoms with Gasteiger partial charge in [0.1, 0.15) is 6.54 Å². The Morgan fingerprint density at radius 2 is 2.00 bits per heavy atom. The average molecular weight is 267 g/mol. The molecule has 0 aromatic carbocycles. The van der Waals surface area contributed by atoms with Crippen LogP contribution in [0, 0.1) is 13.8 Å². The first-order valence-electron chi connectivity index (χ1n) is 6.38. The predicted molar refractivity (Wildman–Crippen MR) is 76.9 cm³/mol. The summed E-state index contributed by atoms with van der Waals surface area (Å²) in [6.07, 6.45) is 0. The number of nitrogens with one attached hydrogen (secondary N) is 1. The molecule has 0 aliphatic rings. The third kappa shape index (κ3) is 3.70. The fraction of sp³-hybridized carbons (Fsp3) is 0.692. The highest BCUT2D eigenvalue weighted by molar-refractivity contribution is 5.76. The molecule has 0 saturated carbocycles. The van der Waals surface area contributed by atoms with E-state index >= 15 is 0 Å². The van der Waals surface area contributed by atoms with Crippen molar-refractivity contribution in [2.75, 3.05) is 26.4 Å². The number of hydrogen-bond donors (Lipinski definition) is 2. The van der Waals surface area contributed by atoms with E-state index in [2.05, 4.69) is 29.2 Å². The van der Waals surface area contributed by atoms with Crippen molar-refractivity contribution >= 4 is 11.6 Å². The minimum atomic E-state index is -0.0796. The topological polar surface area (TPSA) is 76.2 Å². The zero-order chi connectivity index (χ0) is 14.8. The van der Waals surface area contributed by atoms with Crippen LogP contribution in [-0.2, 0) is 11.3 Å². The molecule has 1 rings (SSSR count). The number of nitrogens with zero attached hydrogens (tertiary/aromatic N) is 3. The normalized spacial score (nSPS) is 11.9. The first kappa shape index (κ1) is 15.5. The Morgan fingerprint density at radius 1 is 1.42 bits per heavy atom. The van der Waals surface area contributed by atoms with Crippen LogP contribution in [0.1, 0.15) is 25.2 Å². The van der Waals surface area contributed by atoms with Crippen molar-refractivity contribution in [3.05, 3.63) is 11.4 Å². The maximum Gasteiger partial charge on any atom is 0.241 e. The van der Waals surface area contributed by atoms with Crippen LogP contribution >= 0.6 is 0 Å². The Hall–Kier alpha value is -1.56. The molecule has 6 heteroatoms. The number of aryl methyl sites for hydroxylation is 1. The molecule has 0 aliphatic heterocycles. The number of likely N-dealkylation sites (N-methyl/N-ethyl adjacent to an activating group) is 1. The van der Waals surface area contributed by atoms with Gasteiger partial charge in [-0.25, -0.2) is 0 Å². The van der Waals surface area contributed by atoms with Gasteiger partial charge in [-0.2, -0.15) is 5.10 Å². The Bertz CT molecular complexity index is 462. The van der Waals surface area contributed by atoms with Gasteiger partial charge in [-0.1, -0.05) is 0 Å². The number of nitrogen functional groups attached to an aromatic ring is 1. The van der Waals surface area contributed by atoms with Crippen molar-refractivity contribution < 1.29 is 4.79 Å². The summed E-state index contributed by atoms with van der Waals surface area (Å²) < 4.78 is 1.64. The summed E-state index contributed by atoms with van der Waals surface area (Å²) in [7, 11) is 3.99. The maximum absolute atomic E-state index is 11.9. The van der Waals surface area contributed by atoms with Crippen LogP contribution in [-0.4, -0.2) is 46.8 Å². The Morgan fingerprint density at radius 3 is 2.42 bits per heavy atom. The van der Waals surface area contributed by atoms with Gasteiger partial charge in [0.15, 0.2) is 0 Å². The zero-order valence-corrected chi connectivity index (χ0v) is 12.7. The number of carbonyl (C=O) groups excluding carboxylic acids is 1. The average Bonchev–Trinajstić information content (AvgIpc) is 2.54. The molecule has 1 amide bonds. The molecule has 1 heterocycles. The van der Waals surface area contributed by atoms with Crippen LogP contribution in [0.15, 0.2) is 0 Å². The number of carbonyl (C=O) groups is 1. The Kier molecular flexibility index (Phi) is 4.57. The third-order valence-electron chi connectivity index (χ3n) is 3.66. The number of rotatable bonds is 5. The molecule has 108 valence electrons. The van der Waals surface area contributed by atoms with Gasteiger partial charge in [0.05, 0.1) is 17.1 Å². The molecular formula is C13H25N5O. The number of aromatic nitrogens is 2. The minimum Gasteiger partial charge on any atom is -0.396 e. The molecule has 1 aromatic heterocycles. The van der Waals surface area contributed by atoms with Crippen molar-refractivity contribution in [3.8, 4) is 0 Å². The quantitative estimate of drug-likeness (QED) is 0.816. The smallest absolute Gasteiger partial charge is 0.241 e. The third-order valence-corrected chi connectivity index (χ3v) is 3.66. The van der Waals surface area contributed by atoms with Gasteiger partial charge in [-0.15, -0.1) is 0 Å². The number of anilines is 1. The van der Waals surface area contributed by atoms with E-state index in [9.17, 15) is 4.79 Å². The van der Waals surface area contributed by atoms with Gasteiger partial charge in [0, 0.05) is 12.1 Å². The molecule has 0 radical (unpaired) electrons. The predicted octanol–water partition coefficient (Wildman–Crippen LogP) is 0.539. The second kappa shape index (κ2) is 5.61. The lowest BCUT2D eigenvalue weighted by Crippen LogP contribution is -2.48. The highest BCUT2D eigenvalue weighted by atomic mass is 16.2. The lowest BCUT2D eigenvalue weighted by atomic mass is 10.0. The van der Waals surface area contributed by atoms with Gasteiger partial charge in [-0.3, -0.25) is 9.48 Å². The lowest BCUT2D eigenvalue weighted by molar-refractivity contribution is -0.122. The monoisotopic (exact) mass is 267 g/mol. The molecule has 19 heavy (non-hydrogen) atoms. The summed E-state index contributed by atoms with van der Waals surface area (Å²) in [5, 5.41) is 7.18. The van der Waals surface area contributed by atoms with Crippen LogP contribution in [0.5, 0.6) is 0 Å². The van der Waals surface area contributed by atoms with Crippen LogP contribution in [0.3, 0.4) is 0 Å². The molecule has 0 atom stereocenters. The van der Waals surface area contributed by atoms with Gasteiger partial charge < -0.3 is 16.0 Å². The van der Waals surface area contributed by atoms with Gasteiger partial charge in [0.2, 0.25) is 5.91 Å². The fourth-order valence-electron chi connectivity index (χ4n) is 1.53. The van der Waals surface area contributed by atoms with E-state index in [-0.39, 0.29) is 18.0 Å². The van der Waals surface area contributed by atoms with Crippen LogP contribution in [0.25, 0.3) is 0 Å². The van der Waals surface area contributed by atoms with Crippen LogP contribution in [0.2, 0.25) is 0 Å². The Labute approximate surface area is 114 Å². The standard InChI is InChI=1S/C13H25N5O/c1-9-12(14)10(2)18(16-9)7-11(19)15-8-13(3,4)17(5)6/h7-8,14H2,1-6H3,(H,15,19). The SMILES string of the molecule is Cc1nn(CC(=O)NCC(C)(C)N(C)C)c(C)c1N. The summed E-state index contributed by atoms with van der Waals surface area (Å²) in [6, 6.07) is 0. The van der Waals surface area contributed by atoms with E-state index in [1.165, 1.54) is 0 Å². The summed E-state index contributed by atoms with van der Waals surface area (Å²) in [5.41, 5.74) is 8.01. The second-order valence-corrected chi connectivity index (χ2v) is 5.73. The van der Waals surface area contributed by atoms with Crippen molar-refractivity contribution in [2.24, 2.45) is 0 Å². The second-order valence-electron chi connectivity index (χ2n) is 5.73. The van der Waals surface area contributed by atoms with E-state index in [0.29, 0.717) is 12.2 Å². The first-order valence-corrected chi connectivity index (χ1v) is 6.38. The molecule has 0 spiro atoms. The highest BCUT2D eigenvalue weighted by Crippen LogP contribution is 2.14. The summed E-state index contributed by atoms with van der Waals surface area (Å²) >= 11 is 0. The first-order chi connectivity index (χ1) is 8.65. The van der Waals surface area contributed by atoms with E-state index in [4.69, 9.17) is 5.73 Å². The molecule has 0 saturated heterocycles. The summed E-state index contributed by atoms with van der Waals surface area (Å²) in [6.45, 7) is 8.66. The summed E-state index contributed by atoms with van der Waals surface area (Å²) in [5.74, 6) is -0.0551. The molecule has 3 N–H and O–H groups in total. The maximum atomic E-state index is 11.9. The molecular weight excluding hydrogens is 242 g/mol. The van der Waals surface area contributed by atoms with Gasteiger partial charge >= 0.3 is 0 Å². The summed E-state index contributed by atoms with van der Waals surface area (Å²) in [4.78, 5) is 14.0. The van der Waals surface area contributed by atoms with Crippen molar-refractivity contribution in [2.45, 2.75) is 39.8 Å². The van der Waals surface area contributed by atoms with Crippen LogP contribution < -0.4 is 11.1 Å². The largest absolute Gasteiger partial charge is 0.396 e. The minimum absolute atomic E-state index is 0.0551.